The minimum absolute atomic E-state index is 0.718. The SMILES string of the molecule is COc1ccc(Cl)cc1N1CCN([C@H]2C[C@@H]2c2ccccc2)CC1. The number of nitrogens with zero attached hydrogens (tertiary/aromatic N) is 2. The van der Waals surface area contributed by atoms with Crippen LogP contribution in [-0.4, -0.2) is 44.2 Å². The lowest BCUT2D eigenvalue weighted by Crippen LogP contribution is -2.47. The number of hydrogen-bond acceptors (Lipinski definition) is 3. The van der Waals surface area contributed by atoms with Gasteiger partial charge < -0.3 is 9.64 Å². The topological polar surface area (TPSA) is 15.7 Å². The van der Waals surface area contributed by atoms with E-state index in [4.69, 9.17) is 16.3 Å². The molecule has 3 nitrogen and oxygen atoms in total. The first-order valence-corrected chi connectivity index (χ1v) is 9.01. The molecular weight excluding hydrogens is 320 g/mol. The maximum atomic E-state index is 6.18. The fraction of sp³-hybridized carbons (Fsp3) is 0.400. The molecule has 2 atom stereocenters. The lowest BCUT2D eigenvalue weighted by atomic mass is 10.1. The van der Waals surface area contributed by atoms with E-state index in [2.05, 4.69) is 40.1 Å². The van der Waals surface area contributed by atoms with E-state index in [1.807, 2.05) is 18.2 Å². The average Bonchev–Trinajstić information content (AvgIpc) is 3.43. The Balaban J connectivity index is 1.39. The smallest absolute Gasteiger partial charge is 0.142 e. The number of piperazine rings is 1. The highest BCUT2D eigenvalue weighted by Crippen LogP contribution is 2.45. The van der Waals surface area contributed by atoms with Gasteiger partial charge in [0.2, 0.25) is 0 Å². The van der Waals surface area contributed by atoms with Gasteiger partial charge in [-0.25, -0.2) is 0 Å². The highest BCUT2D eigenvalue weighted by atomic mass is 35.5. The van der Waals surface area contributed by atoms with Gasteiger partial charge in [-0.2, -0.15) is 0 Å². The Hall–Kier alpha value is -1.71. The first kappa shape index (κ1) is 15.8. The van der Waals surface area contributed by atoms with Crippen molar-refractivity contribution in [1.29, 1.82) is 0 Å². The Kier molecular flexibility index (Phi) is 4.38. The van der Waals surface area contributed by atoms with Gasteiger partial charge in [-0.1, -0.05) is 41.9 Å². The monoisotopic (exact) mass is 342 g/mol. The van der Waals surface area contributed by atoms with Crippen LogP contribution in [-0.2, 0) is 0 Å². The van der Waals surface area contributed by atoms with Gasteiger partial charge in [0.25, 0.3) is 0 Å². The summed E-state index contributed by atoms with van der Waals surface area (Å²) in [6, 6.07) is 17.5. The molecule has 2 aromatic rings. The molecule has 2 fully saturated rings. The van der Waals surface area contributed by atoms with Gasteiger partial charge >= 0.3 is 0 Å². The van der Waals surface area contributed by atoms with Crippen molar-refractivity contribution in [2.24, 2.45) is 0 Å². The average molecular weight is 343 g/mol. The molecule has 4 rings (SSSR count). The number of methoxy groups -OCH3 is 1. The zero-order valence-electron chi connectivity index (χ0n) is 14.0. The minimum Gasteiger partial charge on any atom is -0.495 e. The second-order valence-corrected chi connectivity index (χ2v) is 7.10. The van der Waals surface area contributed by atoms with Gasteiger partial charge in [0.05, 0.1) is 12.8 Å². The lowest BCUT2D eigenvalue weighted by Gasteiger charge is -2.37. The summed E-state index contributed by atoms with van der Waals surface area (Å²) in [5.74, 6) is 1.62. The van der Waals surface area contributed by atoms with E-state index in [9.17, 15) is 0 Å². The third-order valence-corrected chi connectivity index (χ3v) is 5.48. The van der Waals surface area contributed by atoms with E-state index in [-0.39, 0.29) is 0 Å². The van der Waals surface area contributed by atoms with Gasteiger partial charge in [-0.15, -0.1) is 0 Å². The largest absolute Gasteiger partial charge is 0.495 e. The third kappa shape index (κ3) is 3.11. The second-order valence-electron chi connectivity index (χ2n) is 6.66. The fourth-order valence-corrected chi connectivity index (χ4v) is 4.01. The standard InChI is InChI=1S/C20H23ClN2O/c1-24-20-8-7-16(21)13-19(20)23-11-9-22(10-12-23)18-14-17(18)15-5-3-2-4-6-15/h2-8,13,17-18H,9-12,14H2,1H3/t17-,18+/m1/s1. The zero-order chi connectivity index (χ0) is 16.5. The minimum atomic E-state index is 0.718. The predicted octanol–water partition coefficient (Wildman–Crippen LogP) is 4.03. The van der Waals surface area contributed by atoms with Crippen LogP contribution in [0.3, 0.4) is 0 Å². The molecule has 0 spiro atoms. The number of anilines is 1. The molecular formula is C20H23ClN2O. The lowest BCUT2D eigenvalue weighted by molar-refractivity contribution is 0.243. The molecule has 24 heavy (non-hydrogen) atoms. The number of rotatable bonds is 4. The summed E-state index contributed by atoms with van der Waals surface area (Å²) in [6.07, 6.45) is 1.30. The van der Waals surface area contributed by atoms with Crippen LogP contribution in [0.25, 0.3) is 0 Å². The Bertz CT molecular complexity index is 698. The molecule has 1 saturated heterocycles. The first-order chi connectivity index (χ1) is 11.8. The fourth-order valence-electron chi connectivity index (χ4n) is 3.85. The summed E-state index contributed by atoms with van der Waals surface area (Å²) in [7, 11) is 1.72. The normalized spacial score (nSPS) is 24.0. The van der Waals surface area contributed by atoms with E-state index < -0.39 is 0 Å². The van der Waals surface area contributed by atoms with E-state index in [1.165, 1.54) is 12.0 Å². The highest BCUT2D eigenvalue weighted by molar-refractivity contribution is 6.30. The molecule has 0 N–H and O–H groups in total. The van der Waals surface area contributed by atoms with Crippen molar-refractivity contribution in [1.82, 2.24) is 4.90 Å². The van der Waals surface area contributed by atoms with Crippen molar-refractivity contribution in [3.63, 3.8) is 0 Å². The summed E-state index contributed by atoms with van der Waals surface area (Å²) in [6.45, 7) is 4.25. The van der Waals surface area contributed by atoms with Gasteiger partial charge in [-0.05, 0) is 30.2 Å². The van der Waals surface area contributed by atoms with Gasteiger partial charge in [0, 0.05) is 43.2 Å². The Morgan fingerprint density at radius 3 is 2.46 bits per heavy atom. The van der Waals surface area contributed by atoms with Crippen molar-refractivity contribution < 1.29 is 4.74 Å². The Morgan fingerprint density at radius 1 is 1.00 bits per heavy atom. The third-order valence-electron chi connectivity index (χ3n) is 5.25. The van der Waals surface area contributed by atoms with Crippen molar-refractivity contribution in [2.45, 2.75) is 18.4 Å². The number of benzene rings is 2. The van der Waals surface area contributed by atoms with Crippen LogP contribution in [0.15, 0.2) is 48.5 Å². The molecule has 2 aliphatic rings. The molecule has 1 aliphatic heterocycles. The molecule has 0 unspecified atom stereocenters. The van der Waals surface area contributed by atoms with Crippen molar-refractivity contribution in [3.05, 3.63) is 59.1 Å². The summed E-state index contributed by atoms with van der Waals surface area (Å²) < 4.78 is 5.50. The number of halogens is 1. The molecule has 1 saturated carbocycles. The second kappa shape index (κ2) is 6.66. The maximum absolute atomic E-state index is 6.18. The molecule has 126 valence electrons. The van der Waals surface area contributed by atoms with Gasteiger partial charge in [0.15, 0.2) is 0 Å². The summed E-state index contributed by atoms with van der Waals surface area (Å²) >= 11 is 6.18. The Morgan fingerprint density at radius 2 is 1.75 bits per heavy atom. The maximum Gasteiger partial charge on any atom is 0.142 e. The van der Waals surface area contributed by atoms with Crippen LogP contribution < -0.4 is 9.64 Å². The molecule has 4 heteroatoms. The molecule has 2 aromatic carbocycles. The van der Waals surface area contributed by atoms with Gasteiger partial charge in [-0.3, -0.25) is 4.90 Å². The van der Waals surface area contributed by atoms with Crippen molar-refractivity contribution in [2.75, 3.05) is 38.2 Å². The van der Waals surface area contributed by atoms with Crippen LogP contribution >= 0.6 is 11.6 Å². The summed E-state index contributed by atoms with van der Waals surface area (Å²) in [5, 5.41) is 0.763. The molecule has 0 amide bonds. The van der Waals surface area contributed by atoms with E-state index in [0.717, 1.165) is 54.6 Å². The number of ether oxygens (including phenoxy) is 1. The Labute approximate surface area is 148 Å². The number of hydrogen-bond donors (Lipinski definition) is 0. The summed E-state index contributed by atoms with van der Waals surface area (Å²) in [5.41, 5.74) is 2.60. The highest BCUT2D eigenvalue weighted by Gasteiger charge is 2.43. The van der Waals surface area contributed by atoms with Crippen molar-refractivity contribution >= 4 is 17.3 Å². The molecule has 1 heterocycles. The van der Waals surface area contributed by atoms with Crippen molar-refractivity contribution in [3.8, 4) is 5.75 Å². The molecule has 0 aromatic heterocycles. The first-order valence-electron chi connectivity index (χ1n) is 8.64. The predicted molar refractivity (Wildman–Crippen MR) is 99.4 cm³/mol. The van der Waals surface area contributed by atoms with Crippen LogP contribution in [0.5, 0.6) is 5.75 Å². The van der Waals surface area contributed by atoms with E-state index in [1.54, 1.807) is 7.11 Å². The van der Waals surface area contributed by atoms with Crippen LogP contribution in [0.2, 0.25) is 5.02 Å². The van der Waals surface area contributed by atoms with Crippen LogP contribution in [0.1, 0.15) is 17.9 Å². The summed E-state index contributed by atoms with van der Waals surface area (Å²) in [4.78, 5) is 5.03. The van der Waals surface area contributed by atoms with Crippen LogP contribution in [0.4, 0.5) is 5.69 Å². The van der Waals surface area contributed by atoms with Gasteiger partial charge in [0.1, 0.15) is 5.75 Å². The molecule has 1 aliphatic carbocycles. The molecule has 0 bridgehead atoms. The zero-order valence-corrected chi connectivity index (χ0v) is 14.7. The molecule has 0 radical (unpaired) electrons. The van der Waals surface area contributed by atoms with E-state index >= 15 is 0 Å². The van der Waals surface area contributed by atoms with Crippen LogP contribution in [0, 0.1) is 0 Å². The quantitative estimate of drug-likeness (QED) is 0.834. The van der Waals surface area contributed by atoms with E-state index in [0.29, 0.717) is 0 Å².